The number of nitrogens with one attached hydrogen (secondary N) is 1. The van der Waals surface area contributed by atoms with E-state index in [1.54, 1.807) is 6.07 Å². The second-order valence-corrected chi connectivity index (χ2v) is 5.28. The topological polar surface area (TPSA) is 47.6 Å². The normalized spacial score (nSPS) is 11.7. The lowest BCUT2D eigenvalue weighted by Crippen LogP contribution is -2.26. The van der Waals surface area contributed by atoms with E-state index in [-0.39, 0.29) is 17.5 Å². The summed E-state index contributed by atoms with van der Waals surface area (Å²) >= 11 is 0. The van der Waals surface area contributed by atoms with Crippen LogP contribution in [0.4, 0.5) is 4.39 Å². The number of benzene rings is 2. The largest absolute Gasteiger partial charge is 0.490 e. The summed E-state index contributed by atoms with van der Waals surface area (Å²) in [5.41, 5.74) is 1.17. The Morgan fingerprint density at radius 3 is 2.46 bits per heavy atom. The number of ether oxygens (including phenoxy) is 2. The number of hydrogen-bond donors (Lipinski definition) is 1. The van der Waals surface area contributed by atoms with E-state index in [0.29, 0.717) is 24.7 Å². The molecule has 0 heterocycles. The van der Waals surface area contributed by atoms with Crippen LogP contribution in [0.1, 0.15) is 42.7 Å². The van der Waals surface area contributed by atoms with Crippen molar-refractivity contribution < 1.29 is 18.7 Å². The Bertz CT molecular complexity index is 703. The molecule has 0 fully saturated rings. The molecule has 0 aliphatic rings. The van der Waals surface area contributed by atoms with E-state index < -0.39 is 5.82 Å². The van der Waals surface area contributed by atoms with E-state index in [1.807, 2.05) is 39.0 Å². The van der Waals surface area contributed by atoms with E-state index in [1.165, 1.54) is 18.2 Å². The zero-order chi connectivity index (χ0) is 17.5. The van der Waals surface area contributed by atoms with Gasteiger partial charge in [-0.25, -0.2) is 4.39 Å². The average Bonchev–Trinajstić information content (AvgIpc) is 2.56. The molecular formula is C19H22FNO3. The quantitative estimate of drug-likeness (QED) is 0.830. The van der Waals surface area contributed by atoms with Crippen molar-refractivity contribution in [2.75, 3.05) is 13.2 Å². The van der Waals surface area contributed by atoms with Crippen LogP contribution in [0.15, 0.2) is 42.5 Å². The van der Waals surface area contributed by atoms with Crippen LogP contribution in [0, 0.1) is 5.82 Å². The van der Waals surface area contributed by atoms with Gasteiger partial charge < -0.3 is 14.8 Å². The van der Waals surface area contributed by atoms with Crippen LogP contribution < -0.4 is 14.8 Å². The van der Waals surface area contributed by atoms with Crippen LogP contribution >= 0.6 is 0 Å². The van der Waals surface area contributed by atoms with Gasteiger partial charge in [-0.1, -0.05) is 12.1 Å². The summed E-state index contributed by atoms with van der Waals surface area (Å²) in [5.74, 6) is 0.555. The highest BCUT2D eigenvalue weighted by Crippen LogP contribution is 2.30. The van der Waals surface area contributed by atoms with Gasteiger partial charge in [0.15, 0.2) is 11.5 Å². The van der Waals surface area contributed by atoms with Crippen molar-refractivity contribution >= 4 is 5.91 Å². The van der Waals surface area contributed by atoms with Crippen molar-refractivity contribution in [2.45, 2.75) is 26.8 Å². The summed E-state index contributed by atoms with van der Waals surface area (Å²) in [4.78, 5) is 12.2. The van der Waals surface area contributed by atoms with E-state index in [2.05, 4.69) is 5.32 Å². The van der Waals surface area contributed by atoms with Gasteiger partial charge in [0.2, 0.25) is 0 Å². The molecule has 0 aliphatic carbocycles. The first-order chi connectivity index (χ1) is 11.5. The second kappa shape index (κ2) is 8.34. The van der Waals surface area contributed by atoms with E-state index in [9.17, 15) is 9.18 Å². The van der Waals surface area contributed by atoms with Gasteiger partial charge in [0.1, 0.15) is 5.82 Å². The predicted octanol–water partition coefficient (Wildman–Crippen LogP) is 4.11. The minimum absolute atomic E-state index is 0.254. The average molecular weight is 331 g/mol. The van der Waals surface area contributed by atoms with Gasteiger partial charge in [0.25, 0.3) is 5.91 Å². The van der Waals surface area contributed by atoms with E-state index >= 15 is 0 Å². The molecule has 1 atom stereocenters. The molecule has 0 saturated heterocycles. The lowest BCUT2D eigenvalue weighted by molar-refractivity contribution is 0.0939. The Balaban J connectivity index is 2.15. The highest BCUT2D eigenvalue weighted by Gasteiger charge is 2.14. The maximum Gasteiger partial charge on any atom is 0.251 e. The summed E-state index contributed by atoms with van der Waals surface area (Å²) in [7, 11) is 0. The van der Waals surface area contributed by atoms with Gasteiger partial charge in [0.05, 0.1) is 19.3 Å². The number of halogens is 1. The molecule has 24 heavy (non-hydrogen) atoms. The molecule has 0 bridgehead atoms. The number of carbonyl (C=O) groups is 1. The zero-order valence-electron chi connectivity index (χ0n) is 14.1. The molecule has 128 valence electrons. The molecule has 0 aromatic heterocycles. The highest BCUT2D eigenvalue weighted by molar-refractivity contribution is 5.94. The van der Waals surface area contributed by atoms with Crippen LogP contribution in [0.3, 0.4) is 0 Å². The lowest BCUT2D eigenvalue weighted by atomic mass is 10.1. The molecule has 2 aromatic carbocycles. The molecule has 4 nitrogen and oxygen atoms in total. The van der Waals surface area contributed by atoms with Gasteiger partial charge in [-0.05, 0) is 56.7 Å². The van der Waals surface area contributed by atoms with Crippen LogP contribution in [-0.2, 0) is 0 Å². The molecule has 0 spiro atoms. The molecule has 1 N–H and O–H groups in total. The van der Waals surface area contributed by atoms with Gasteiger partial charge >= 0.3 is 0 Å². The first-order valence-corrected chi connectivity index (χ1v) is 8.01. The predicted molar refractivity (Wildman–Crippen MR) is 91.1 cm³/mol. The third-order valence-corrected chi connectivity index (χ3v) is 3.50. The first-order valence-electron chi connectivity index (χ1n) is 8.01. The Kier molecular flexibility index (Phi) is 6.18. The van der Waals surface area contributed by atoms with Gasteiger partial charge in [-0.15, -0.1) is 0 Å². The minimum Gasteiger partial charge on any atom is -0.490 e. The summed E-state index contributed by atoms with van der Waals surface area (Å²) in [5, 5.41) is 2.86. The third-order valence-electron chi connectivity index (χ3n) is 3.50. The molecule has 5 heteroatoms. The fourth-order valence-corrected chi connectivity index (χ4v) is 2.33. The summed E-state index contributed by atoms with van der Waals surface area (Å²) < 4.78 is 24.4. The fraction of sp³-hybridized carbons (Fsp3) is 0.316. The number of amides is 1. The summed E-state index contributed by atoms with van der Waals surface area (Å²) in [6.07, 6.45) is 0. The third kappa shape index (κ3) is 4.47. The lowest BCUT2D eigenvalue weighted by Gasteiger charge is -2.17. The zero-order valence-corrected chi connectivity index (χ0v) is 14.1. The van der Waals surface area contributed by atoms with Crippen LogP contribution in [0.25, 0.3) is 0 Å². The fourth-order valence-electron chi connectivity index (χ4n) is 2.33. The maximum absolute atomic E-state index is 13.2. The molecule has 0 saturated carbocycles. The molecule has 1 amide bonds. The van der Waals surface area contributed by atoms with Crippen molar-refractivity contribution in [3.8, 4) is 11.5 Å². The first kappa shape index (κ1) is 17.8. The van der Waals surface area contributed by atoms with Crippen LogP contribution in [-0.4, -0.2) is 19.1 Å². The number of carbonyl (C=O) groups excluding carboxylic acids is 1. The van der Waals surface area contributed by atoms with Crippen molar-refractivity contribution in [1.29, 1.82) is 0 Å². The highest BCUT2D eigenvalue weighted by atomic mass is 19.1. The standard InChI is InChI=1S/C19H22FNO3/c1-4-23-17-10-9-14(12-18(17)24-5-2)13(3)21-19(22)15-7-6-8-16(20)11-15/h6-13H,4-5H2,1-3H3,(H,21,22)/t13-/m0/s1. The van der Waals surface area contributed by atoms with Gasteiger partial charge in [0, 0.05) is 5.56 Å². The summed E-state index contributed by atoms with van der Waals surface area (Å²) in [6.45, 7) is 6.74. The molecule has 2 rings (SSSR count). The SMILES string of the molecule is CCOc1ccc([C@H](C)NC(=O)c2cccc(F)c2)cc1OCC. The maximum atomic E-state index is 13.2. The van der Waals surface area contributed by atoms with Crippen molar-refractivity contribution in [1.82, 2.24) is 5.32 Å². The van der Waals surface area contributed by atoms with Crippen LogP contribution in [0.5, 0.6) is 11.5 Å². The number of hydrogen-bond acceptors (Lipinski definition) is 3. The molecule has 0 unspecified atom stereocenters. The minimum atomic E-state index is -0.435. The Morgan fingerprint density at radius 2 is 1.79 bits per heavy atom. The Labute approximate surface area is 141 Å². The second-order valence-electron chi connectivity index (χ2n) is 5.28. The Morgan fingerprint density at radius 1 is 1.08 bits per heavy atom. The smallest absolute Gasteiger partial charge is 0.251 e. The molecule has 0 radical (unpaired) electrons. The van der Waals surface area contributed by atoms with Gasteiger partial charge in [-0.3, -0.25) is 4.79 Å². The van der Waals surface area contributed by atoms with Crippen molar-refractivity contribution in [3.05, 3.63) is 59.4 Å². The molecule has 0 aliphatic heterocycles. The van der Waals surface area contributed by atoms with Crippen LogP contribution in [0.2, 0.25) is 0 Å². The van der Waals surface area contributed by atoms with E-state index in [4.69, 9.17) is 9.47 Å². The molecule has 2 aromatic rings. The summed E-state index contributed by atoms with van der Waals surface area (Å²) in [6, 6.07) is 10.9. The van der Waals surface area contributed by atoms with Crippen molar-refractivity contribution in [3.63, 3.8) is 0 Å². The van der Waals surface area contributed by atoms with Gasteiger partial charge in [-0.2, -0.15) is 0 Å². The van der Waals surface area contributed by atoms with E-state index in [0.717, 1.165) is 5.56 Å². The molecular weight excluding hydrogens is 309 g/mol. The number of rotatable bonds is 7. The van der Waals surface area contributed by atoms with Crippen molar-refractivity contribution in [2.24, 2.45) is 0 Å². The monoisotopic (exact) mass is 331 g/mol. The Hall–Kier alpha value is -2.56.